The lowest BCUT2D eigenvalue weighted by Gasteiger charge is -2.20. The van der Waals surface area contributed by atoms with Gasteiger partial charge in [-0.25, -0.2) is 0 Å². The predicted molar refractivity (Wildman–Crippen MR) is 324 cm³/mol. The number of aliphatic hydroxyl groups is 2. The van der Waals surface area contributed by atoms with Gasteiger partial charge in [-0.05, 0) is 89.9 Å². The molecular weight excluding hydrogens is 911 g/mol. The van der Waals surface area contributed by atoms with E-state index in [2.05, 4.69) is 55.6 Å². The Morgan fingerprint density at radius 1 is 0.378 bits per heavy atom. The Balaban J connectivity index is 3.45. The van der Waals surface area contributed by atoms with Gasteiger partial charge in [0, 0.05) is 12.8 Å². The van der Waals surface area contributed by atoms with E-state index >= 15 is 0 Å². The smallest absolute Gasteiger partial charge is 0.305 e. The van der Waals surface area contributed by atoms with Crippen molar-refractivity contribution in [3.05, 3.63) is 48.6 Å². The summed E-state index contributed by atoms with van der Waals surface area (Å²) in [7, 11) is 0. The summed E-state index contributed by atoms with van der Waals surface area (Å²) < 4.78 is 5.48. The van der Waals surface area contributed by atoms with Crippen LogP contribution in [0.2, 0.25) is 0 Å². The molecule has 1 amide bonds. The Hall–Kier alpha value is -2.18. The minimum atomic E-state index is -0.850. The fourth-order valence-electron chi connectivity index (χ4n) is 10.0. The first kappa shape index (κ1) is 71.8. The number of ether oxygens (including phenoxy) is 1. The number of allylic oxidation sites excluding steroid dienone is 7. The summed E-state index contributed by atoms with van der Waals surface area (Å²) in [6.45, 7) is 4.89. The monoisotopic (exact) mass is 1040 g/mol. The van der Waals surface area contributed by atoms with Crippen molar-refractivity contribution in [2.75, 3.05) is 13.2 Å². The fourth-order valence-corrected chi connectivity index (χ4v) is 10.0. The van der Waals surface area contributed by atoms with Gasteiger partial charge in [-0.15, -0.1) is 0 Å². The van der Waals surface area contributed by atoms with E-state index in [0.29, 0.717) is 19.4 Å². The van der Waals surface area contributed by atoms with Crippen LogP contribution in [0.15, 0.2) is 48.6 Å². The minimum absolute atomic E-state index is 0.00410. The third-order valence-electron chi connectivity index (χ3n) is 15.1. The standard InChI is InChI=1S/C68H127NO5/c1-3-5-7-9-11-13-15-17-19-21-26-29-32-36-40-44-48-52-56-60-66(71)65(64-70)69-67(72)61-57-53-49-45-41-37-33-30-27-24-22-23-25-28-31-35-39-43-47-51-55-59-63-74-68(73)62-58-54-50-46-42-38-34-20-18-16-14-12-10-8-6-4-2/h14,16,20,24,27,34,56,60,65-66,70-71H,3-13,15,17-19,21-23,25-26,28-33,35-55,57-59,61-64H2,1-2H3,(H,69,72)/b16-14-,27-24-,34-20-,60-56+. The summed E-state index contributed by atoms with van der Waals surface area (Å²) in [5.41, 5.74) is 0. The number of nitrogens with one attached hydrogen (secondary N) is 1. The molecule has 0 aromatic heterocycles. The molecule has 0 radical (unpaired) electrons. The van der Waals surface area contributed by atoms with Crippen LogP contribution in [0.3, 0.4) is 0 Å². The van der Waals surface area contributed by atoms with Crippen molar-refractivity contribution in [1.82, 2.24) is 5.32 Å². The zero-order valence-electron chi connectivity index (χ0n) is 49.6. The zero-order chi connectivity index (χ0) is 53.6. The predicted octanol–water partition coefficient (Wildman–Crippen LogP) is 20.9. The van der Waals surface area contributed by atoms with Gasteiger partial charge in [0.25, 0.3) is 0 Å². The molecule has 0 aromatic rings. The number of amides is 1. The van der Waals surface area contributed by atoms with E-state index in [1.807, 2.05) is 6.08 Å². The summed E-state index contributed by atoms with van der Waals surface area (Å²) in [6, 6.07) is -0.635. The average molecular weight is 1040 g/mol. The number of aliphatic hydroxyl groups excluding tert-OH is 2. The number of carbonyl (C=O) groups excluding carboxylic acids is 2. The molecule has 2 atom stereocenters. The van der Waals surface area contributed by atoms with Gasteiger partial charge in [0.15, 0.2) is 0 Å². The molecular formula is C68H127NO5. The first-order valence-electron chi connectivity index (χ1n) is 32.9. The van der Waals surface area contributed by atoms with Crippen LogP contribution in [0.1, 0.15) is 348 Å². The highest BCUT2D eigenvalue weighted by Gasteiger charge is 2.18. The van der Waals surface area contributed by atoms with Gasteiger partial charge < -0.3 is 20.3 Å². The lowest BCUT2D eigenvalue weighted by atomic mass is 10.0. The molecule has 0 spiro atoms. The molecule has 0 heterocycles. The van der Waals surface area contributed by atoms with E-state index in [9.17, 15) is 19.8 Å². The molecule has 0 aliphatic rings. The summed E-state index contributed by atoms with van der Waals surface area (Å²) in [4.78, 5) is 24.6. The topological polar surface area (TPSA) is 95.9 Å². The molecule has 0 saturated carbocycles. The lowest BCUT2D eigenvalue weighted by molar-refractivity contribution is -0.143. The highest BCUT2D eigenvalue weighted by Crippen LogP contribution is 2.17. The molecule has 2 unspecified atom stereocenters. The Kier molecular flexibility index (Phi) is 61.5. The molecule has 0 fully saturated rings. The summed E-state index contributed by atoms with van der Waals surface area (Å²) in [5.74, 6) is -0.0773. The van der Waals surface area contributed by atoms with E-state index in [4.69, 9.17) is 4.74 Å². The lowest BCUT2D eigenvalue weighted by Crippen LogP contribution is -2.45. The van der Waals surface area contributed by atoms with E-state index in [1.54, 1.807) is 6.08 Å². The molecule has 74 heavy (non-hydrogen) atoms. The molecule has 0 saturated heterocycles. The summed E-state index contributed by atoms with van der Waals surface area (Å²) in [6.07, 6.45) is 81.6. The van der Waals surface area contributed by atoms with Crippen LogP contribution < -0.4 is 5.32 Å². The van der Waals surface area contributed by atoms with Crippen molar-refractivity contribution in [1.29, 1.82) is 0 Å². The van der Waals surface area contributed by atoms with Crippen LogP contribution in [0.5, 0.6) is 0 Å². The zero-order valence-corrected chi connectivity index (χ0v) is 49.6. The third kappa shape index (κ3) is 59.1. The number of rotatable bonds is 61. The van der Waals surface area contributed by atoms with Crippen LogP contribution in [-0.4, -0.2) is 47.4 Å². The minimum Gasteiger partial charge on any atom is -0.466 e. The molecule has 0 aliphatic heterocycles. The van der Waals surface area contributed by atoms with Crippen molar-refractivity contribution in [2.24, 2.45) is 0 Å². The molecule has 434 valence electrons. The van der Waals surface area contributed by atoms with Gasteiger partial charge in [0.2, 0.25) is 5.91 Å². The normalized spacial score (nSPS) is 12.9. The summed E-state index contributed by atoms with van der Waals surface area (Å²) >= 11 is 0. The Morgan fingerprint density at radius 3 is 1.05 bits per heavy atom. The van der Waals surface area contributed by atoms with Crippen LogP contribution in [0.4, 0.5) is 0 Å². The van der Waals surface area contributed by atoms with Gasteiger partial charge in [-0.1, -0.05) is 294 Å². The van der Waals surface area contributed by atoms with Gasteiger partial charge in [-0.2, -0.15) is 0 Å². The Labute approximate surface area is 461 Å². The molecule has 0 bridgehead atoms. The van der Waals surface area contributed by atoms with Crippen molar-refractivity contribution in [3.8, 4) is 0 Å². The molecule has 0 aromatic carbocycles. The summed E-state index contributed by atoms with van der Waals surface area (Å²) in [5, 5.41) is 23.2. The van der Waals surface area contributed by atoms with Crippen LogP contribution in [0, 0.1) is 0 Å². The number of hydrogen-bond acceptors (Lipinski definition) is 5. The number of unbranched alkanes of at least 4 members (excludes halogenated alkanes) is 44. The van der Waals surface area contributed by atoms with E-state index in [0.717, 1.165) is 57.8 Å². The highest BCUT2D eigenvalue weighted by atomic mass is 16.5. The molecule has 6 nitrogen and oxygen atoms in total. The van der Waals surface area contributed by atoms with Crippen LogP contribution >= 0.6 is 0 Å². The van der Waals surface area contributed by atoms with Crippen LogP contribution in [-0.2, 0) is 14.3 Å². The van der Waals surface area contributed by atoms with E-state index in [1.165, 1.54) is 263 Å². The van der Waals surface area contributed by atoms with Crippen LogP contribution in [0.25, 0.3) is 0 Å². The average Bonchev–Trinajstić information content (AvgIpc) is 3.40. The number of hydrogen-bond donors (Lipinski definition) is 3. The van der Waals surface area contributed by atoms with Crippen molar-refractivity contribution < 1.29 is 24.5 Å². The second-order valence-electron chi connectivity index (χ2n) is 22.4. The first-order valence-corrected chi connectivity index (χ1v) is 32.9. The highest BCUT2D eigenvalue weighted by molar-refractivity contribution is 5.76. The maximum Gasteiger partial charge on any atom is 0.305 e. The molecule has 6 heteroatoms. The quantitative estimate of drug-likeness (QED) is 0.0320. The van der Waals surface area contributed by atoms with Crippen molar-refractivity contribution >= 4 is 11.9 Å². The second kappa shape index (κ2) is 63.4. The van der Waals surface area contributed by atoms with Gasteiger partial charge in [-0.3, -0.25) is 9.59 Å². The largest absolute Gasteiger partial charge is 0.466 e. The Bertz CT molecular complexity index is 1240. The SMILES string of the molecule is CCCCCC/C=C\C/C=C\CCCCCCCC(=O)OCCCCCCCCCCCCC/C=C\CCCCCCCCCC(=O)NC(CO)C(O)/C=C/CCCCCCCCCCCCCCCCCCC. The maximum absolute atomic E-state index is 12.5. The van der Waals surface area contributed by atoms with E-state index < -0.39 is 12.1 Å². The second-order valence-corrected chi connectivity index (χ2v) is 22.4. The van der Waals surface area contributed by atoms with E-state index in [-0.39, 0.29) is 18.5 Å². The third-order valence-corrected chi connectivity index (χ3v) is 15.1. The molecule has 0 aliphatic carbocycles. The fraction of sp³-hybridized carbons (Fsp3) is 0.853. The van der Waals surface area contributed by atoms with Crippen molar-refractivity contribution in [3.63, 3.8) is 0 Å². The number of carbonyl (C=O) groups is 2. The van der Waals surface area contributed by atoms with Crippen molar-refractivity contribution in [2.45, 2.75) is 360 Å². The maximum atomic E-state index is 12.5. The van der Waals surface area contributed by atoms with Gasteiger partial charge in [0.1, 0.15) is 0 Å². The number of esters is 1. The molecule has 0 rings (SSSR count). The van der Waals surface area contributed by atoms with Gasteiger partial charge in [0.05, 0.1) is 25.4 Å². The van der Waals surface area contributed by atoms with Gasteiger partial charge >= 0.3 is 5.97 Å². The first-order chi connectivity index (χ1) is 36.5. The molecule has 3 N–H and O–H groups in total. The Morgan fingerprint density at radius 2 is 0.676 bits per heavy atom.